The first-order chi connectivity index (χ1) is 5.20. The fourth-order valence-corrected chi connectivity index (χ4v) is 0.859. The van der Waals surface area contributed by atoms with Gasteiger partial charge in [-0.2, -0.15) is 0 Å². The van der Waals surface area contributed by atoms with Crippen LogP contribution in [0.3, 0.4) is 0 Å². The molecule has 0 aliphatic rings. The van der Waals surface area contributed by atoms with Crippen LogP contribution in [0, 0.1) is 0 Å². The molecular formula is C7H12Cl2O2. The van der Waals surface area contributed by atoms with Crippen molar-refractivity contribution in [3.8, 4) is 0 Å². The van der Waals surface area contributed by atoms with Crippen LogP contribution in [0.4, 0.5) is 0 Å². The molecule has 11 heavy (non-hydrogen) atoms. The van der Waals surface area contributed by atoms with Gasteiger partial charge in [0, 0.05) is 6.61 Å². The van der Waals surface area contributed by atoms with Gasteiger partial charge in [-0.3, -0.25) is 0 Å². The molecule has 1 N–H and O–H groups in total. The van der Waals surface area contributed by atoms with Crippen molar-refractivity contribution in [2.45, 2.75) is 25.9 Å². The summed E-state index contributed by atoms with van der Waals surface area (Å²) in [6.07, 6.45) is 1.50. The molecule has 0 rings (SSSR count). The van der Waals surface area contributed by atoms with Crippen molar-refractivity contribution in [2.75, 3.05) is 6.61 Å². The molecule has 0 saturated heterocycles. The molecule has 0 aliphatic heterocycles. The van der Waals surface area contributed by atoms with Gasteiger partial charge in [0.1, 0.15) is 0 Å². The van der Waals surface area contributed by atoms with Gasteiger partial charge in [0.2, 0.25) is 0 Å². The van der Waals surface area contributed by atoms with Gasteiger partial charge < -0.3 is 9.84 Å². The van der Waals surface area contributed by atoms with Crippen molar-refractivity contribution in [3.63, 3.8) is 0 Å². The zero-order valence-electron chi connectivity index (χ0n) is 6.39. The van der Waals surface area contributed by atoms with Crippen molar-refractivity contribution in [1.82, 2.24) is 0 Å². The Balaban J connectivity index is 3.43. The van der Waals surface area contributed by atoms with E-state index in [9.17, 15) is 0 Å². The van der Waals surface area contributed by atoms with Crippen LogP contribution < -0.4 is 0 Å². The predicted octanol–water partition coefficient (Wildman–Crippen LogP) is 2.44. The minimum absolute atomic E-state index is 0.00431. The highest BCUT2D eigenvalue weighted by Crippen LogP contribution is 2.11. The summed E-state index contributed by atoms with van der Waals surface area (Å²) >= 11 is 10.7. The Morgan fingerprint density at radius 2 is 2.36 bits per heavy atom. The molecule has 0 fully saturated rings. The number of hydrogen-bond acceptors (Lipinski definition) is 2. The van der Waals surface area contributed by atoms with Gasteiger partial charge in [-0.05, 0) is 31.4 Å². The first kappa shape index (κ1) is 11.1. The molecule has 2 nitrogen and oxygen atoms in total. The quantitative estimate of drug-likeness (QED) is 0.689. The molecule has 0 spiro atoms. The van der Waals surface area contributed by atoms with Crippen LogP contribution in [0.15, 0.2) is 10.8 Å². The number of aliphatic hydroxyl groups excluding tert-OH is 1. The Labute approximate surface area is 76.8 Å². The van der Waals surface area contributed by atoms with Crippen LogP contribution in [0.2, 0.25) is 0 Å². The molecule has 0 saturated carbocycles. The topological polar surface area (TPSA) is 29.5 Å². The van der Waals surface area contributed by atoms with Gasteiger partial charge in [-0.15, -0.1) is 0 Å². The molecule has 66 valence electrons. The summed E-state index contributed by atoms with van der Waals surface area (Å²) in [5, 5.41) is 8.67. The van der Waals surface area contributed by atoms with Gasteiger partial charge in [-0.1, -0.05) is 11.6 Å². The smallest absolute Gasteiger partial charge is 0.198 e. The maximum absolute atomic E-state index is 8.48. The Hall–Kier alpha value is 0.0800. The first-order valence-electron chi connectivity index (χ1n) is 3.44. The average Bonchev–Trinajstić information content (AvgIpc) is 2.00. The van der Waals surface area contributed by atoms with Crippen LogP contribution in [0.25, 0.3) is 0 Å². The lowest BCUT2D eigenvalue weighted by atomic mass is 10.2. The summed E-state index contributed by atoms with van der Waals surface area (Å²) < 4.78 is 5.09. The van der Waals surface area contributed by atoms with E-state index in [1.54, 1.807) is 0 Å². The molecule has 0 amide bonds. The standard InChI is InChI=1S/C7H12Cl2O2/c1-6(3-2-4-10)11-7(9)5-8/h5-6,10H,2-4H2,1H3/b7-5-. The third-order valence-electron chi connectivity index (χ3n) is 1.17. The number of halogens is 2. The highest BCUT2D eigenvalue weighted by Gasteiger charge is 2.02. The van der Waals surface area contributed by atoms with E-state index in [4.69, 9.17) is 33.0 Å². The van der Waals surface area contributed by atoms with Gasteiger partial charge >= 0.3 is 0 Å². The molecule has 0 aromatic rings. The molecular weight excluding hydrogens is 187 g/mol. The molecule has 0 bridgehead atoms. The van der Waals surface area contributed by atoms with E-state index in [0.29, 0.717) is 6.42 Å². The van der Waals surface area contributed by atoms with Crippen LogP contribution in [-0.4, -0.2) is 17.8 Å². The van der Waals surface area contributed by atoms with Crippen LogP contribution >= 0.6 is 23.2 Å². The summed E-state index contributed by atoms with van der Waals surface area (Å²) in [4.78, 5) is 0. The molecule has 4 heteroatoms. The van der Waals surface area contributed by atoms with Crippen molar-refractivity contribution in [3.05, 3.63) is 10.8 Å². The third-order valence-corrected chi connectivity index (χ3v) is 1.68. The van der Waals surface area contributed by atoms with Gasteiger partial charge in [0.25, 0.3) is 0 Å². The summed E-state index contributed by atoms with van der Waals surface area (Å²) in [7, 11) is 0. The van der Waals surface area contributed by atoms with E-state index in [1.807, 2.05) is 6.92 Å². The lowest BCUT2D eigenvalue weighted by Gasteiger charge is -2.11. The molecule has 0 aromatic heterocycles. The number of hydrogen-bond donors (Lipinski definition) is 1. The SMILES string of the molecule is CC(CCCO)O/C(Cl)=C\Cl. The first-order valence-corrected chi connectivity index (χ1v) is 4.25. The van der Waals surface area contributed by atoms with Crippen LogP contribution in [0.1, 0.15) is 19.8 Å². The molecule has 0 radical (unpaired) electrons. The van der Waals surface area contributed by atoms with Crippen molar-refractivity contribution >= 4 is 23.2 Å². The Morgan fingerprint density at radius 3 is 2.82 bits per heavy atom. The lowest BCUT2D eigenvalue weighted by molar-refractivity contribution is 0.132. The van der Waals surface area contributed by atoms with Gasteiger partial charge in [-0.25, -0.2) is 0 Å². The van der Waals surface area contributed by atoms with E-state index in [1.165, 1.54) is 5.54 Å². The number of aliphatic hydroxyl groups is 1. The number of rotatable bonds is 5. The van der Waals surface area contributed by atoms with Crippen molar-refractivity contribution < 1.29 is 9.84 Å². The summed E-state index contributed by atoms with van der Waals surface area (Å²) in [5.74, 6) is 0. The number of ether oxygens (including phenoxy) is 1. The highest BCUT2D eigenvalue weighted by molar-refractivity contribution is 6.35. The predicted molar refractivity (Wildman–Crippen MR) is 46.7 cm³/mol. The van der Waals surface area contributed by atoms with Crippen molar-refractivity contribution in [2.24, 2.45) is 0 Å². The maximum atomic E-state index is 8.48. The largest absolute Gasteiger partial charge is 0.479 e. The normalized spacial score (nSPS) is 14.7. The summed E-state index contributed by atoms with van der Waals surface area (Å²) in [6.45, 7) is 2.05. The Bertz CT molecular complexity index is 126. The fourth-order valence-electron chi connectivity index (χ4n) is 0.656. The zero-order valence-corrected chi connectivity index (χ0v) is 7.90. The molecule has 0 heterocycles. The van der Waals surface area contributed by atoms with Gasteiger partial charge in [0.05, 0.1) is 11.6 Å². The minimum Gasteiger partial charge on any atom is -0.479 e. The minimum atomic E-state index is 0.00431. The van der Waals surface area contributed by atoms with Crippen LogP contribution in [-0.2, 0) is 4.74 Å². The van der Waals surface area contributed by atoms with Crippen molar-refractivity contribution in [1.29, 1.82) is 0 Å². The molecule has 1 unspecified atom stereocenters. The van der Waals surface area contributed by atoms with E-state index in [-0.39, 0.29) is 17.9 Å². The molecule has 0 aromatic carbocycles. The van der Waals surface area contributed by atoms with Crippen LogP contribution in [0.5, 0.6) is 0 Å². The fraction of sp³-hybridized carbons (Fsp3) is 0.714. The maximum Gasteiger partial charge on any atom is 0.198 e. The zero-order chi connectivity index (χ0) is 8.69. The van der Waals surface area contributed by atoms with Gasteiger partial charge in [0.15, 0.2) is 5.22 Å². The monoisotopic (exact) mass is 198 g/mol. The lowest BCUT2D eigenvalue weighted by Crippen LogP contribution is -2.06. The summed E-state index contributed by atoms with van der Waals surface area (Å²) in [5.41, 5.74) is 1.18. The highest BCUT2D eigenvalue weighted by atomic mass is 35.5. The average molecular weight is 199 g/mol. The van der Waals surface area contributed by atoms with E-state index in [0.717, 1.165) is 6.42 Å². The van der Waals surface area contributed by atoms with E-state index < -0.39 is 0 Å². The molecule has 1 atom stereocenters. The Kier molecular flexibility index (Phi) is 6.82. The third kappa shape index (κ3) is 6.48. The second-order valence-electron chi connectivity index (χ2n) is 2.21. The second-order valence-corrected chi connectivity index (χ2v) is 2.80. The second kappa shape index (κ2) is 6.77. The van der Waals surface area contributed by atoms with E-state index in [2.05, 4.69) is 0 Å². The van der Waals surface area contributed by atoms with E-state index >= 15 is 0 Å². The molecule has 0 aliphatic carbocycles. The summed E-state index contributed by atoms with van der Waals surface area (Å²) in [6, 6.07) is 0. The Morgan fingerprint density at radius 1 is 1.73 bits per heavy atom.